The molecule has 0 aliphatic carbocycles. The second-order valence-electron chi connectivity index (χ2n) is 9.08. The lowest BCUT2D eigenvalue weighted by Gasteiger charge is -2.47. The number of fused-ring (bicyclic) bond motifs is 1. The number of aliphatic hydroxyl groups excluding tert-OH is 9. The lowest BCUT2D eigenvalue weighted by molar-refractivity contribution is -0.373. The van der Waals surface area contributed by atoms with Crippen LogP contribution in [0.1, 0.15) is 6.92 Å². The second kappa shape index (κ2) is 11.3. The highest BCUT2D eigenvalue weighted by molar-refractivity contribution is 5.75. The highest BCUT2D eigenvalue weighted by Gasteiger charge is 2.54. The fourth-order valence-electron chi connectivity index (χ4n) is 4.68. The van der Waals surface area contributed by atoms with Gasteiger partial charge in [0.1, 0.15) is 73.2 Å². The Kier molecular flexibility index (Phi) is 8.80. The van der Waals surface area contributed by atoms with Gasteiger partial charge in [0, 0.05) is 6.92 Å². The van der Waals surface area contributed by atoms with Gasteiger partial charge >= 0.3 is 0 Å². The molecule has 9 N–H and O–H groups in total. The van der Waals surface area contributed by atoms with Crippen molar-refractivity contribution in [3.8, 4) is 0 Å². The predicted octanol–water partition coefficient (Wildman–Crippen LogP) is -6.11. The summed E-state index contributed by atoms with van der Waals surface area (Å²) in [4.78, 5) is 4.14. The minimum atomic E-state index is -1.83. The van der Waals surface area contributed by atoms with E-state index < -0.39 is 112 Å². The smallest absolute Gasteiger partial charge is 0.227 e. The molecule has 16 heteroatoms. The van der Waals surface area contributed by atoms with Crippen LogP contribution in [0.5, 0.6) is 0 Å². The summed E-state index contributed by atoms with van der Waals surface area (Å²) in [5.41, 5.74) is 0. The number of nitrogens with zero attached hydrogens (tertiary/aromatic N) is 1. The molecule has 0 amide bonds. The molecule has 6 unspecified atom stereocenters. The molecule has 16 nitrogen and oxygen atoms in total. The van der Waals surface area contributed by atoms with Crippen LogP contribution in [0, 0.1) is 0 Å². The third kappa shape index (κ3) is 5.12. The molecule has 3 fully saturated rings. The van der Waals surface area contributed by atoms with Gasteiger partial charge in [0.05, 0.1) is 19.8 Å². The lowest BCUT2D eigenvalue weighted by atomic mass is 9.95. The van der Waals surface area contributed by atoms with Gasteiger partial charge in [-0.2, -0.15) is 0 Å². The van der Waals surface area contributed by atoms with E-state index in [1.54, 1.807) is 6.92 Å². The Hall–Kier alpha value is -1.09. The summed E-state index contributed by atoms with van der Waals surface area (Å²) >= 11 is 0. The van der Waals surface area contributed by atoms with Gasteiger partial charge in [-0.05, 0) is 0 Å². The molecule has 0 bridgehead atoms. The Morgan fingerprint density at radius 1 is 0.639 bits per heavy atom. The normalized spacial score (nSPS) is 51.4. The van der Waals surface area contributed by atoms with E-state index in [1.165, 1.54) is 0 Å². The summed E-state index contributed by atoms with van der Waals surface area (Å²) in [6.45, 7) is -0.532. The van der Waals surface area contributed by atoms with Crippen LogP contribution in [-0.4, -0.2) is 164 Å². The predicted molar refractivity (Wildman–Crippen MR) is 111 cm³/mol. The van der Waals surface area contributed by atoms with Gasteiger partial charge in [-0.1, -0.05) is 0 Å². The van der Waals surface area contributed by atoms with E-state index in [4.69, 9.17) is 28.4 Å². The fourth-order valence-corrected chi connectivity index (χ4v) is 4.68. The topological polar surface area (TPSA) is 250 Å². The van der Waals surface area contributed by atoms with Crippen LogP contribution < -0.4 is 0 Å². The van der Waals surface area contributed by atoms with Crippen molar-refractivity contribution in [2.75, 3.05) is 19.8 Å². The summed E-state index contributed by atoms with van der Waals surface area (Å²) in [6.07, 6.45) is -21.2. The molecule has 3 saturated heterocycles. The van der Waals surface area contributed by atoms with Crippen LogP contribution in [0.3, 0.4) is 0 Å². The number of ether oxygens (including phenoxy) is 6. The highest BCUT2D eigenvalue weighted by atomic mass is 16.8. The highest BCUT2D eigenvalue weighted by Crippen LogP contribution is 2.34. The zero-order valence-corrected chi connectivity index (χ0v) is 19.2. The van der Waals surface area contributed by atoms with Crippen molar-refractivity contribution in [3.05, 3.63) is 0 Å². The van der Waals surface area contributed by atoms with Crippen LogP contribution in [0.25, 0.3) is 0 Å². The first-order chi connectivity index (χ1) is 17.1. The first-order valence-corrected chi connectivity index (χ1v) is 11.5. The standard InChI is InChI=1S/C20H33NO15/c1-5-21-9-12(27)16(8(4-24)34-18(9)31-5)35-20-15(30)17(11(26)7(3-23)33-20)36-19-14(29)13(28)10(25)6(2-22)32-19/h6-20,22-30H,2-4H2,1H3/t6-,7?,8?,9?,10+,11+,12+,13?,14?,15?,16+,17-,18-,19+,20-/m0/s1. The van der Waals surface area contributed by atoms with Gasteiger partial charge in [-0.15, -0.1) is 0 Å². The molecule has 0 radical (unpaired) electrons. The quantitative estimate of drug-likeness (QED) is 0.149. The Morgan fingerprint density at radius 3 is 1.81 bits per heavy atom. The van der Waals surface area contributed by atoms with Gasteiger partial charge in [-0.25, -0.2) is 4.99 Å². The fraction of sp³-hybridized carbons (Fsp3) is 0.950. The summed E-state index contributed by atoms with van der Waals surface area (Å²) < 4.78 is 33.0. The van der Waals surface area contributed by atoms with Crippen molar-refractivity contribution in [2.24, 2.45) is 4.99 Å². The average molecular weight is 527 g/mol. The number of aliphatic imine (C=N–C) groups is 1. The van der Waals surface area contributed by atoms with Gasteiger partial charge < -0.3 is 74.4 Å². The third-order valence-corrected chi connectivity index (χ3v) is 6.69. The molecule has 0 spiro atoms. The van der Waals surface area contributed by atoms with Crippen molar-refractivity contribution in [3.63, 3.8) is 0 Å². The van der Waals surface area contributed by atoms with Crippen molar-refractivity contribution in [2.45, 2.75) is 99.0 Å². The van der Waals surface area contributed by atoms with Crippen molar-refractivity contribution >= 4 is 5.90 Å². The number of hydrogen-bond acceptors (Lipinski definition) is 16. The Bertz CT molecular complexity index is 771. The number of hydrogen-bond donors (Lipinski definition) is 9. The summed E-state index contributed by atoms with van der Waals surface area (Å²) in [7, 11) is 0. The monoisotopic (exact) mass is 527 g/mol. The van der Waals surface area contributed by atoms with E-state index in [-0.39, 0.29) is 5.90 Å². The van der Waals surface area contributed by atoms with Crippen LogP contribution in [0.4, 0.5) is 0 Å². The van der Waals surface area contributed by atoms with E-state index in [0.717, 1.165) is 0 Å². The first kappa shape index (κ1) is 27.9. The molecule has 36 heavy (non-hydrogen) atoms. The van der Waals surface area contributed by atoms with Crippen LogP contribution in [0.15, 0.2) is 4.99 Å². The zero-order valence-electron chi connectivity index (χ0n) is 19.2. The van der Waals surface area contributed by atoms with Gasteiger partial charge in [0.15, 0.2) is 18.5 Å². The van der Waals surface area contributed by atoms with Crippen LogP contribution in [0.2, 0.25) is 0 Å². The molecule has 0 saturated carbocycles. The number of aliphatic hydroxyl groups is 9. The van der Waals surface area contributed by atoms with E-state index in [1.807, 2.05) is 0 Å². The Morgan fingerprint density at radius 2 is 1.19 bits per heavy atom. The first-order valence-electron chi connectivity index (χ1n) is 11.5. The zero-order chi connectivity index (χ0) is 26.3. The molecule has 0 aromatic rings. The van der Waals surface area contributed by atoms with E-state index in [2.05, 4.69) is 4.99 Å². The van der Waals surface area contributed by atoms with Crippen LogP contribution in [-0.2, 0) is 28.4 Å². The average Bonchev–Trinajstić information content (AvgIpc) is 3.24. The largest absolute Gasteiger partial charge is 0.450 e. The van der Waals surface area contributed by atoms with Crippen LogP contribution >= 0.6 is 0 Å². The SMILES string of the molecule is CC1=NC2[C@@H](O1)OC(CO)[C@@H](O[C@@H]1OC(CO)[C@@H](O)[C@H](O[C@H]3O[C@@H](CO)[C@@H](O)C(O)C3O)C1O)[C@@H]2O. The summed E-state index contributed by atoms with van der Waals surface area (Å²) in [6, 6.07) is -0.890. The van der Waals surface area contributed by atoms with E-state index in [0.29, 0.717) is 0 Å². The molecular weight excluding hydrogens is 494 g/mol. The molecular formula is C20H33NO15. The summed E-state index contributed by atoms with van der Waals surface area (Å²) in [5, 5.41) is 91.4. The van der Waals surface area contributed by atoms with Gasteiger partial charge in [0.25, 0.3) is 0 Å². The van der Waals surface area contributed by atoms with Crippen molar-refractivity contribution in [1.29, 1.82) is 0 Å². The molecule has 0 aromatic carbocycles. The van der Waals surface area contributed by atoms with Gasteiger partial charge in [0.2, 0.25) is 6.29 Å². The number of rotatable bonds is 7. The Balaban J connectivity index is 1.51. The molecule has 4 heterocycles. The van der Waals surface area contributed by atoms with Gasteiger partial charge in [-0.3, -0.25) is 0 Å². The lowest BCUT2D eigenvalue weighted by Crippen LogP contribution is -2.66. The molecule has 0 aromatic heterocycles. The molecule has 208 valence electrons. The van der Waals surface area contributed by atoms with E-state index in [9.17, 15) is 46.0 Å². The maximum absolute atomic E-state index is 10.9. The van der Waals surface area contributed by atoms with Crippen molar-refractivity contribution < 1.29 is 74.4 Å². The van der Waals surface area contributed by atoms with E-state index >= 15 is 0 Å². The Labute approximate surface area is 204 Å². The maximum atomic E-state index is 10.9. The minimum Gasteiger partial charge on any atom is -0.450 e. The third-order valence-electron chi connectivity index (χ3n) is 6.69. The van der Waals surface area contributed by atoms with Crippen molar-refractivity contribution in [1.82, 2.24) is 0 Å². The molecule has 4 aliphatic heterocycles. The molecule has 15 atom stereocenters. The minimum absolute atomic E-state index is 0.256. The summed E-state index contributed by atoms with van der Waals surface area (Å²) in [5.74, 6) is 0.256. The second-order valence-corrected chi connectivity index (χ2v) is 9.08. The maximum Gasteiger partial charge on any atom is 0.227 e. The molecule has 4 rings (SSSR count). The molecule has 4 aliphatic rings.